The first kappa shape index (κ1) is 14.0. The first-order valence-corrected chi connectivity index (χ1v) is 7.86. The van der Waals surface area contributed by atoms with Crippen molar-refractivity contribution in [3.63, 3.8) is 0 Å². The van der Waals surface area contributed by atoms with Crippen LogP contribution in [0, 0.1) is 6.92 Å². The van der Waals surface area contributed by atoms with Crippen molar-refractivity contribution in [2.45, 2.75) is 25.0 Å². The second kappa shape index (κ2) is 6.64. The first-order valence-electron chi connectivity index (χ1n) is 6.37. The van der Waals surface area contributed by atoms with Crippen LogP contribution in [0.2, 0.25) is 0 Å². The molecule has 1 atom stereocenters. The second-order valence-corrected chi connectivity index (χ2v) is 6.08. The monoisotopic (exact) mass is 273 g/mol. The van der Waals surface area contributed by atoms with Gasteiger partial charge in [0.15, 0.2) is 0 Å². The maximum absolute atomic E-state index is 12.3. The van der Waals surface area contributed by atoms with E-state index >= 15 is 0 Å². The third-order valence-electron chi connectivity index (χ3n) is 3.23. The van der Waals surface area contributed by atoms with Crippen LogP contribution in [0.3, 0.4) is 0 Å². The molecule has 19 heavy (non-hydrogen) atoms. The van der Waals surface area contributed by atoms with Crippen LogP contribution in [0.4, 0.5) is 0 Å². The SMILES string of the molecule is Cc1ccccc1CS(=O)Cc1ccccc1CN. The van der Waals surface area contributed by atoms with Crippen molar-refractivity contribution >= 4 is 10.8 Å². The van der Waals surface area contributed by atoms with Gasteiger partial charge in [-0.05, 0) is 29.2 Å². The van der Waals surface area contributed by atoms with Crippen LogP contribution in [0.5, 0.6) is 0 Å². The topological polar surface area (TPSA) is 43.1 Å². The number of hydrogen-bond acceptors (Lipinski definition) is 2. The smallest absolute Gasteiger partial charge is 0.0492 e. The molecule has 2 aromatic rings. The van der Waals surface area contributed by atoms with Crippen molar-refractivity contribution in [2.24, 2.45) is 5.73 Å². The highest BCUT2D eigenvalue weighted by molar-refractivity contribution is 7.83. The van der Waals surface area contributed by atoms with Gasteiger partial charge in [-0.25, -0.2) is 0 Å². The average Bonchev–Trinajstić information content (AvgIpc) is 2.42. The van der Waals surface area contributed by atoms with E-state index < -0.39 is 10.8 Å². The third kappa shape index (κ3) is 3.75. The van der Waals surface area contributed by atoms with Gasteiger partial charge in [-0.3, -0.25) is 4.21 Å². The molecule has 0 radical (unpaired) electrons. The molecule has 1 unspecified atom stereocenters. The van der Waals surface area contributed by atoms with Crippen molar-refractivity contribution in [1.82, 2.24) is 0 Å². The van der Waals surface area contributed by atoms with Crippen LogP contribution in [0.1, 0.15) is 22.3 Å². The molecule has 2 N–H and O–H groups in total. The van der Waals surface area contributed by atoms with Gasteiger partial charge in [0.05, 0.1) is 0 Å². The Labute approximate surface area is 117 Å². The summed E-state index contributed by atoms with van der Waals surface area (Å²) in [6, 6.07) is 16.1. The predicted octanol–water partition coefficient (Wildman–Crippen LogP) is 2.90. The number of hydrogen-bond donors (Lipinski definition) is 1. The summed E-state index contributed by atoms with van der Waals surface area (Å²) in [7, 11) is -0.900. The van der Waals surface area contributed by atoms with E-state index in [0.717, 1.165) is 16.7 Å². The summed E-state index contributed by atoms with van der Waals surface area (Å²) in [5.74, 6) is 1.17. The van der Waals surface area contributed by atoms with E-state index in [1.54, 1.807) is 0 Å². The van der Waals surface area contributed by atoms with Crippen LogP contribution >= 0.6 is 0 Å². The van der Waals surface area contributed by atoms with Crippen molar-refractivity contribution in [3.8, 4) is 0 Å². The maximum atomic E-state index is 12.3. The van der Waals surface area contributed by atoms with Crippen LogP contribution in [0.25, 0.3) is 0 Å². The number of nitrogens with two attached hydrogens (primary N) is 1. The quantitative estimate of drug-likeness (QED) is 0.910. The van der Waals surface area contributed by atoms with E-state index in [1.165, 1.54) is 5.56 Å². The summed E-state index contributed by atoms with van der Waals surface area (Å²) >= 11 is 0. The summed E-state index contributed by atoms with van der Waals surface area (Å²) in [5.41, 5.74) is 10.2. The average molecular weight is 273 g/mol. The molecule has 2 aromatic carbocycles. The van der Waals surface area contributed by atoms with Crippen molar-refractivity contribution < 1.29 is 4.21 Å². The van der Waals surface area contributed by atoms with E-state index in [4.69, 9.17) is 5.73 Å². The highest BCUT2D eigenvalue weighted by atomic mass is 32.2. The lowest BCUT2D eigenvalue weighted by atomic mass is 10.1. The van der Waals surface area contributed by atoms with E-state index in [1.807, 2.05) is 42.5 Å². The van der Waals surface area contributed by atoms with Gasteiger partial charge in [-0.1, -0.05) is 48.5 Å². The molecule has 3 heteroatoms. The van der Waals surface area contributed by atoms with E-state index in [9.17, 15) is 4.21 Å². The summed E-state index contributed by atoms with van der Waals surface area (Å²) in [5, 5.41) is 0. The van der Waals surface area contributed by atoms with E-state index in [0.29, 0.717) is 18.1 Å². The minimum atomic E-state index is -0.900. The summed E-state index contributed by atoms with van der Waals surface area (Å²) in [6.45, 7) is 2.55. The lowest BCUT2D eigenvalue weighted by molar-refractivity contribution is 0.682. The lowest BCUT2D eigenvalue weighted by Crippen LogP contribution is -2.06. The molecule has 100 valence electrons. The van der Waals surface area contributed by atoms with Crippen molar-refractivity contribution in [2.75, 3.05) is 0 Å². The predicted molar refractivity (Wildman–Crippen MR) is 81.1 cm³/mol. The molecular formula is C16H19NOS. The molecule has 0 saturated carbocycles. The molecule has 0 aromatic heterocycles. The standard InChI is InChI=1S/C16H19NOS/c1-13-6-2-3-8-15(13)11-19(18)12-16-9-5-4-7-14(16)10-17/h2-9H,10-12,17H2,1H3. The Kier molecular flexibility index (Phi) is 4.88. The number of aryl methyl sites for hydroxylation is 1. The van der Waals surface area contributed by atoms with Gasteiger partial charge in [0.1, 0.15) is 0 Å². The zero-order valence-corrected chi connectivity index (χ0v) is 12.0. The summed E-state index contributed by atoms with van der Waals surface area (Å²) in [6.07, 6.45) is 0. The Balaban J connectivity index is 2.08. The highest BCUT2D eigenvalue weighted by Gasteiger charge is 2.07. The molecule has 0 fully saturated rings. The van der Waals surface area contributed by atoms with Gasteiger partial charge >= 0.3 is 0 Å². The number of rotatable bonds is 5. The Bertz CT molecular complexity index is 580. The van der Waals surface area contributed by atoms with Gasteiger partial charge in [-0.2, -0.15) is 0 Å². The molecule has 2 rings (SSSR count). The fraction of sp³-hybridized carbons (Fsp3) is 0.250. The van der Waals surface area contributed by atoms with E-state index in [-0.39, 0.29) is 0 Å². The molecule has 0 aliphatic carbocycles. The van der Waals surface area contributed by atoms with Crippen LogP contribution in [0.15, 0.2) is 48.5 Å². The van der Waals surface area contributed by atoms with Gasteiger partial charge in [-0.15, -0.1) is 0 Å². The fourth-order valence-electron chi connectivity index (χ4n) is 2.07. The summed E-state index contributed by atoms with van der Waals surface area (Å²) in [4.78, 5) is 0. The third-order valence-corrected chi connectivity index (χ3v) is 4.50. The van der Waals surface area contributed by atoms with Crippen LogP contribution < -0.4 is 5.73 Å². The van der Waals surface area contributed by atoms with Crippen LogP contribution in [-0.2, 0) is 28.9 Å². The Hall–Kier alpha value is -1.45. The Morgan fingerprint density at radius 3 is 2.05 bits per heavy atom. The number of benzene rings is 2. The molecule has 0 amide bonds. The van der Waals surface area contributed by atoms with Crippen LogP contribution in [-0.4, -0.2) is 4.21 Å². The van der Waals surface area contributed by atoms with Gasteiger partial charge < -0.3 is 5.73 Å². The molecule has 0 aliphatic heterocycles. The largest absolute Gasteiger partial charge is 0.326 e. The fourth-order valence-corrected chi connectivity index (χ4v) is 3.47. The molecule has 0 heterocycles. The van der Waals surface area contributed by atoms with Gasteiger partial charge in [0.2, 0.25) is 0 Å². The van der Waals surface area contributed by atoms with Crippen molar-refractivity contribution in [1.29, 1.82) is 0 Å². The molecule has 0 saturated heterocycles. The van der Waals surface area contributed by atoms with Gasteiger partial charge in [0.25, 0.3) is 0 Å². The minimum absolute atomic E-state index is 0.498. The molecule has 2 nitrogen and oxygen atoms in total. The molecule has 0 aliphatic rings. The van der Waals surface area contributed by atoms with Crippen molar-refractivity contribution in [3.05, 3.63) is 70.8 Å². The minimum Gasteiger partial charge on any atom is -0.326 e. The maximum Gasteiger partial charge on any atom is 0.0492 e. The zero-order chi connectivity index (χ0) is 13.7. The molecule has 0 spiro atoms. The lowest BCUT2D eigenvalue weighted by Gasteiger charge is -2.09. The Morgan fingerprint density at radius 1 is 0.895 bits per heavy atom. The van der Waals surface area contributed by atoms with Gasteiger partial charge in [0, 0.05) is 28.9 Å². The highest BCUT2D eigenvalue weighted by Crippen LogP contribution is 2.15. The first-order chi connectivity index (χ1) is 9.20. The normalized spacial score (nSPS) is 12.3. The second-order valence-electron chi connectivity index (χ2n) is 4.63. The Morgan fingerprint density at radius 2 is 1.42 bits per heavy atom. The van der Waals surface area contributed by atoms with E-state index in [2.05, 4.69) is 13.0 Å². The zero-order valence-electron chi connectivity index (χ0n) is 11.1. The summed E-state index contributed by atoms with van der Waals surface area (Å²) < 4.78 is 12.3. The molecular weight excluding hydrogens is 254 g/mol. The molecule has 0 bridgehead atoms.